The van der Waals surface area contributed by atoms with Crippen LogP contribution in [0.25, 0.3) is 10.8 Å². The fourth-order valence-electron chi connectivity index (χ4n) is 1.16. The van der Waals surface area contributed by atoms with Gasteiger partial charge in [0.25, 0.3) is 0 Å². The minimum Gasteiger partial charge on any atom is -0.439 e. The average molecular weight is 208 g/mol. The van der Waals surface area contributed by atoms with Gasteiger partial charge in [-0.2, -0.15) is 0 Å². The fourth-order valence-corrected chi connectivity index (χ4v) is 1.96. The molecule has 0 aromatic carbocycles. The Balaban J connectivity index is 2.33. The molecule has 0 aliphatic heterocycles. The monoisotopic (exact) mass is 208 g/mol. The molecular formula is C10H12N2OS. The first-order valence-corrected chi connectivity index (χ1v) is 5.26. The summed E-state index contributed by atoms with van der Waals surface area (Å²) < 4.78 is 5.52. The van der Waals surface area contributed by atoms with Crippen molar-refractivity contribution in [1.82, 2.24) is 4.98 Å². The van der Waals surface area contributed by atoms with Crippen LogP contribution in [-0.2, 0) is 0 Å². The van der Waals surface area contributed by atoms with E-state index in [1.54, 1.807) is 17.5 Å². The molecule has 0 aliphatic carbocycles. The maximum atomic E-state index is 5.68. The summed E-state index contributed by atoms with van der Waals surface area (Å²) in [5.74, 6) is 1.39. The molecule has 2 heterocycles. The highest BCUT2D eigenvalue weighted by Crippen LogP contribution is 2.28. The van der Waals surface area contributed by atoms with Crippen molar-refractivity contribution >= 4 is 11.3 Å². The molecule has 0 spiro atoms. The van der Waals surface area contributed by atoms with Gasteiger partial charge in [-0.25, -0.2) is 4.98 Å². The van der Waals surface area contributed by atoms with E-state index >= 15 is 0 Å². The summed E-state index contributed by atoms with van der Waals surface area (Å²) >= 11 is 1.67. The molecule has 1 atom stereocenters. The number of oxazole rings is 1. The van der Waals surface area contributed by atoms with Gasteiger partial charge in [0.15, 0.2) is 0 Å². The van der Waals surface area contributed by atoms with Crippen LogP contribution >= 0.6 is 11.3 Å². The number of aryl methyl sites for hydroxylation is 1. The molecule has 1 unspecified atom stereocenters. The first-order valence-electron chi connectivity index (χ1n) is 4.45. The van der Waals surface area contributed by atoms with Crippen molar-refractivity contribution in [3.05, 3.63) is 29.0 Å². The topological polar surface area (TPSA) is 52.0 Å². The van der Waals surface area contributed by atoms with E-state index in [1.807, 2.05) is 13.0 Å². The van der Waals surface area contributed by atoms with E-state index in [2.05, 4.69) is 18.0 Å². The smallest absolute Gasteiger partial charge is 0.236 e. The van der Waals surface area contributed by atoms with Gasteiger partial charge >= 0.3 is 0 Å². The van der Waals surface area contributed by atoms with Crippen LogP contribution in [-0.4, -0.2) is 4.98 Å². The van der Waals surface area contributed by atoms with Gasteiger partial charge in [0, 0.05) is 4.88 Å². The molecular weight excluding hydrogens is 196 g/mol. The third kappa shape index (κ3) is 1.71. The molecule has 0 aliphatic rings. The molecule has 0 amide bonds. The second-order valence-corrected chi connectivity index (χ2v) is 4.55. The predicted octanol–water partition coefficient (Wildman–Crippen LogP) is 2.73. The van der Waals surface area contributed by atoms with Crippen LogP contribution in [0.3, 0.4) is 0 Å². The third-order valence-electron chi connectivity index (χ3n) is 1.92. The van der Waals surface area contributed by atoms with Crippen molar-refractivity contribution < 1.29 is 4.42 Å². The van der Waals surface area contributed by atoms with Crippen LogP contribution in [0.4, 0.5) is 0 Å². The quantitative estimate of drug-likeness (QED) is 0.825. The van der Waals surface area contributed by atoms with Crippen LogP contribution in [0.15, 0.2) is 22.7 Å². The van der Waals surface area contributed by atoms with Gasteiger partial charge in [-0.05, 0) is 26.0 Å². The maximum Gasteiger partial charge on any atom is 0.236 e. The molecule has 74 valence electrons. The first kappa shape index (κ1) is 9.43. The summed E-state index contributed by atoms with van der Waals surface area (Å²) in [6.07, 6.45) is 1.69. The Bertz CT molecular complexity index is 431. The van der Waals surface area contributed by atoms with E-state index in [9.17, 15) is 0 Å². The number of nitrogens with zero attached hydrogens (tertiary/aromatic N) is 1. The Morgan fingerprint density at radius 2 is 2.29 bits per heavy atom. The lowest BCUT2D eigenvalue weighted by Gasteiger charge is -1.96. The Hall–Kier alpha value is -1.13. The molecule has 0 saturated heterocycles. The van der Waals surface area contributed by atoms with Gasteiger partial charge in [0.1, 0.15) is 5.76 Å². The average Bonchev–Trinajstić information content (AvgIpc) is 2.70. The summed E-state index contributed by atoms with van der Waals surface area (Å²) in [6.45, 7) is 3.94. The fraction of sp³-hybridized carbons (Fsp3) is 0.300. The highest BCUT2D eigenvalue weighted by molar-refractivity contribution is 7.15. The summed E-state index contributed by atoms with van der Waals surface area (Å²) in [7, 11) is 0. The van der Waals surface area contributed by atoms with Crippen molar-refractivity contribution in [2.24, 2.45) is 5.73 Å². The SMILES string of the molecule is Cc1ccc(-c2ncc(C(C)N)o2)s1. The van der Waals surface area contributed by atoms with Crippen LogP contribution in [0.2, 0.25) is 0 Å². The Morgan fingerprint density at radius 1 is 1.50 bits per heavy atom. The predicted molar refractivity (Wildman–Crippen MR) is 57.2 cm³/mol. The molecule has 2 rings (SSSR count). The van der Waals surface area contributed by atoms with Gasteiger partial charge in [0.05, 0.1) is 17.1 Å². The second kappa shape index (κ2) is 3.55. The molecule has 0 bridgehead atoms. The van der Waals surface area contributed by atoms with Crippen LogP contribution < -0.4 is 5.73 Å². The van der Waals surface area contributed by atoms with Crippen molar-refractivity contribution in [1.29, 1.82) is 0 Å². The molecule has 0 radical (unpaired) electrons. The van der Waals surface area contributed by atoms with E-state index < -0.39 is 0 Å². The maximum absolute atomic E-state index is 5.68. The third-order valence-corrected chi connectivity index (χ3v) is 2.91. The lowest BCUT2D eigenvalue weighted by atomic mass is 10.3. The van der Waals surface area contributed by atoms with E-state index in [1.165, 1.54) is 4.88 Å². The number of thiophene rings is 1. The van der Waals surface area contributed by atoms with Crippen molar-refractivity contribution in [2.75, 3.05) is 0 Å². The number of hydrogen-bond donors (Lipinski definition) is 1. The largest absolute Gasteiger partial charge is 0.439 e. The zero-order valence-electron chi connectivity index (χ0n) is 8.15. The molecule has 0 fully saturated rings. The van der Waals surface area contributed by atoms with E-state index in [4.69, 9.17) is 10.2 Å². The Labute approximate surface area is 86.6 Å². The standard InChI is InChI=1S/C10H12N2OS/c1-6-3-4-9(14-6)10-12-5-8(13-10)7(2)11/h3-5,7H,11H2,1-2H3. The lowest BCUT2D eigenvalue weighted by Crippen LogP contribution is -2.02. The highest BCUT2D eigenvalue weighted by atomic mass is 32.1. The van der Waals surface area contributed by atoms with Gasteiger partial charge in [-0.3, -0.25) is 0 Å². The van der Waals surface area contributed by atoms with Gasteiger partial charge in [-0.1, -0.05) is 0 Å². The lowest BCUT2D eigenvalue weighted by molar-refractivity contribution is 0.489. The minimum absolute atomic E-state index is 0.0997. The molecule has 4 heteroatoms. The van der Waals surface area contributed by atoms with Gasteiger partial charge in [0.2, 0.25) is 5.89 Å². The number of aromatic nitrogens is 1. The van der Waals surface area contributed by atoms with Crippen molar-refractivity contribution in [3.8, 4) is 10.8 Å². The second-order valence-electron chi connectivity index (χ2n) is 3.27. The Morgan fingerprint density at radius 3 is 2.79 bits per heavy atom. The molecule has 2 aromatic rings. The summed E-state index contributed by atoms with van der Waals surface area (Å²) in [4.78, 5) is 6.49. The normalized spacial score (nSPS) is 13.1. The summed E-state index contributed by atoms with van der Waals surface area (Å²) in [5.41, 5.74) is 5.68. The van der Waals surface area contributed by atoms with E-state index in [0.29, 0.717) is 5.89 Å². The number of hydrogen-bond acceptors (Lipinski definition) is 4. The van der Waals surface area contributed by atoms with Gasteiger partial charge in [-0.15, -0.1) is 11.3 Å². The molecule has 2 N–H and O–H groups in total. The van der Waals surface area contributed by atoms with Crippen LogP contribution in [0, 0.1) is 6.92 Å². The highest BCUT2D eigenvalue weighted by Gasteiger charge is 2.10. The first-order chi connectivity index (χ1) is 6.66. The zero-order chi connectivity index (χ0) is 10.1. The van der Waals surface area contributed by atoms with Crippen molar-refractivity contribution in [2.45, 2.75) is 19.9 Å². The van der Waals surface area contributed by atoms with Gasteiger partial charge < -0.3 is 10.2 Å². The molecule has 3 nitrogen and oxygen atoms in total. The number of rotatable bonds is 2. The van der Waals surface area contributed by atoms with Crippen LogP contribution in [0.5, 0.6) is 0 Å². The van der Waals surface area contributed by atoms with E-state index in [-0.39, 0.29) is 6.04 Å². The minimum atomic E-state index is -0.0997. The van der Waals surface area contributed by atoms with Crippen LogP contribution in [0.1, 0.15) is 23.6 Å². The zero-order valence-corrected chi connectivity index (χ0v) is 8.97. The number of nitrogens with two attached hydrogens (primary N) is 1. The molecule has 14 heavy (non-hydrogen) atoms. The molecule has 2 aromatic heterocycles. The van der Waals surface area contributed by atoms with E-state index in [0.717, 1.165) is 10.6 Å². The summed E-state index contributed by atoms with van der Waals surface area (Å²) in [5, 5.41) is 0. The summed E-state index contributed by atoms with van der Waals surface area (Å²) in [6, 6.07) is 3.96. The molecule has 0 saturated carbocycles. The Kier molecular flexibility index (Phi) is 2.39. The van der Waals surface area contributed by atoms with Crippen molar-refractivity contribution in [3.63, 3.8) is 0 Å².